The van der Waals surface area contributed by atoms with Crippen LogP contribution in [0.25, 0.3) is 0 Å². The molecule has 0 aliphatic heterocycles. The van der Waals surface area contributed by atoms with Gasteiger partial charge in [0.25, 0.3) is 0 Å². The summed E-state index contributed by atoms with van der Waals surface area (Å²) in [5.74, 6) is -0.0908. The highest BCUT2D eigenvalue weighted by molar-refractivity contribution is 7.89. The Hall–Kier alpha value is -0.880. The summed E-state index contributed by atoms with van der Waals surface area (Å²) in [6, 6.07) is 0. The van der Waals surface area contributed by atoms with Gasteiger partial charge in [-0.15, -0.1) is 0 Å². The summed E-state index contributed by atoms with van der Waals surface area (Å²) < 4.78 is 26.9. The zero-order valence-electron chi connectivity index (χ0n) is 17.5. The first-order valence-corrected chi connectivity index (χ1v) is 12.4. The average Bonchev–Trinajstić information content (AvgIpc) is 2.58. The number of carbonyl (C=O) groups is 1. The van der Waals surface area contributed by atoms with E-state index in [9.17, 15) is 13.2 Å². The number of sulfonamides is 1. The molecule has 0 aliphatic carbocycles. The first-order valence-electron chi connectivity index (χ1n) is 10.7. The minimum atomic E-state index is -3.28. The van der Waals surface area contributed by atoms with Crippen LogP contribution in [0.4, 0.5) is 0 Å². The summed E-state index contributed by atoms with van der Waals surface area (Å²) in [4.78, 5) is 11.1. The molecule has 0 rings (SSSR count). The van der Waals surface area contributed by atoms with Crippen LogP contribution in [0, 0.1) is 0 Å². The van der Waals surface area contributed by atoms with Crippen LogP contribution in [0.15, 0.2) is 12.2 Å². The minimum absolute atomic E-state index is 0.0626. The lowest BCUT2D eigenvalue weighted by Crippen LogP contribution is -2.16. The largest absolute Gasteiger partial charge is 0.458 e. The Kier molecular flexibility index (Phi) is 16.7. The zero-order valence-corrected chi connectivity index (χ0v) is 18.3. The van der Waals surface area contributed by atoms with E-state index in [1.807, 2.05) is 6.08 Å². The first-order chi connectivity index (χ1) is 12.8. The van der Waals surface area contributed by atoms with E-state index < -0.39 is 10.0 Å². The van der Waals surface area contributed by atoms with Crippen molar-refractivity contribution in [2.45, 2.75) is 110 Å². The Bertz CT molecular complexity index is 488. The van der Waals surface area contributed by atoms with Gasteiger partial charge in [-0.2, -0.15) is 0 Å². The Morgan fingerprint density at radius 3 is 1.93 bits per heavy atom. The second-order valence-corrected chi connectivity index (χ2v) is 9.14. The molecule has 27 heavy (non-hydrogen) atoms. The number of nitrogens with two attached hydrogens (primary N) is 1. The number of hydrogen-bond acceptors (Lipinski definition) is 4. The van der Waals surface area contributed by atoms with Crippen molar-refractivity contribution in [3.63, 3.8) is 0 Å². The van der Waals surface area contributed by atoms with Gasteiger partial charge in [0.1, 0.15) is 6.10 Å². The number of esters is 1. The molecular weight excluding hydrogens is 362 g/mol. The normalized spacial score (nSPS) is 13.1. The molecular formula is C21H41NO4S. The van der Waals surface area contributed by atoms with Gasteiger partial charge in [-0.05, 0) is 38.2 Å². The summed E-state index contributed by atoms with van der Waals surface area (Å²) in [6.07, 6.45) is 19.7. The van der Waals surface area contributed by atoms with E-state index in [2.05, 4.69) is 13.0 Å². The van der Waals surface area contributed by atoms with Crippen molar-refractivity contribution >= 4 is 16.0 Å². The van der Waals surface area contributed by atoms with Gasteiger partial charge in [0, 0.05) is 6.92 Å². The Labute approximate surface area is 167 Å². The fourth-order valence-corrected chi connectivity index (χ4v) is 3.65. The van der Waals surface area contributed by atoms with Crippen molar-refractivity contribution in [2.24, 2.45) is 5.14 Å². The number of ether oxygens (including phenoxy) is 1. The Morgan fingerprint density at radius 2 is 1.44 bits per heavy atom. The summed E-state index contributed by atoms with van der Waals surface area (Å²) in [7, 11) is -3.28. The summed E-state index contributed by atoms with van der Waals surface area (Å²) in [5, 5.41) is 4.98. The van der Waals surface area contributed by atoms with Gasteiger partial charge in [-0.25, -0.2) is 13.6 Å². The van der Waals surface area contributed by atoms with Gasteiger partial charge in [-0.1, -0.05) is 70.8 Å². The molecule has 160 valence electrons. The lowest BCUT2D eigenvalue weighted by atomic mass is 10.1. The molecule has 0 radical (unpaired) electrons. The topological polar surface area (TPSA) is 86.5 Å². The van der Waals surface area contributed by atoms with E-state index in [1.54, 1.807) is 0 Å². The maximum absolute atomic E-state index is 11.1. The van der Waals surface area contributed by atoms with Crippen LogP contribution in [0.3, 0.4) is 0 Å². The third-order valence-electron chi connectivity index (χ3n) is 4.56. The molecule has 0 aromatic rings. The molecule has 5 nitrogen and oxygen atoms in total. The highest BCUT2D eigenvalue weighted by Gasteiger charge is 2.06. The SMILES string of the molecule is CCCCC(C=CCCCCCCCCCCCCS(N)(=O)=O)OC(C)=O. The van der Waals surface area contributed by atoms with Gasteiger partial charge < -0.3 is 4.74 Å². The zero-order chi connectivity index (χ0) is 20.4. The third-order valence-corrected chi connectivity index (χ3v) is 5.42. The summed E-state index contributed by atoms with van der Waals surface area (Å²) >= 11 is 0. The molecule has 1 unspecified atom stereocenters. The smallest absolute Gasteiger partial charge is 0.303 e. The molecule has 0 fully saturated rings. The van der Waals surface area contributed by atoms with Crippen LogP contribution in [0.2, 0.25) is 0 Å². The number of rotatable bonds is 18. The van der Waals surface area contributed by atoms with Crippen molar-refractivity contribution in [3.8, 4) is 0 Å². The standard InChI is InChI=1S/C21H41NO4S/c1-3-4-17-21(26-20(2)23)18-15-13-11-9-7-5-6-8-10-12-14-16-19-27(22,24)25/h15,18,21H,3-14,16-17,19H2,1-2H3,(H2,22,24,25). The molecule has 0 spiro atoms. The quantitative estimate of drug-likeness (QED) is 0.192. The van der Waals surface area contributed by atoms with Crippen LogP contribution in [-0.2, 0) is 19.6 Å². The lowest BCUT2D eigenvalue weighted by Gasteiger charge is -2.12. The number of hydrogen-bond donors (Lipinski definition) is 1. The van der Waals surface area contributed by atoms with Gasteiger partial charge in [0.05, 0.1) is 5.75 Å². The fourth-order valence-electron chi connectivity index (χ4n) is 3.04. The van der Waals surface area contributed by atoms with Crippen molar-refractivity contribution < 1.29 is 17.9 Å². The Morgan fingerprint density at radius 1 is 0.926 bits per heavy atom. The second-order valence-electron chi connectivity index (χ2n) is 7.41. The second kappa shape index (κ2) is 17.2. The summed E-state index contributed by atoms with van der Waals surface area (Å²) in [6.45, 7) is 3.61. The van der Waals surface area contributed by atoms with Crippen LogP contribution in [0.5, 0.6) is 0 Å². The molecule has 6 heteroatoms. The highest BCUT2D eigenvalue weighted by atomic mass is 32.2. The van der Waals surface area contributed by atoms with Crippen LogP contribution in [-0.4, -0.2) is 26.2 Å². The predicted octanol–water partition coefficient (Wildman–Crippen LogP) is 5.24. The monoisotopic (exact) mass is 403 g/mol. The maximum Gasteiger partial charge on any atom is 0.303 e. The van der Waals surface area contributed by atoms with E-state index in [1.165, 1.54) is 51.9 Å². The molecule has 0 bridgehead atoms. The fraction of sp³-hybridized carbons (Fsp3) is 0.857. The van der Waals surface area contributed by atoms with Crippen LogP contribution in [0.1, 0.15) is 104 Å². The number of carbonyl (C=O) groups excluding carboxylic acids is 1. The number of unbranched alkanes of at least 4 members (excludes halogenated alkanes) is 11. The molecule has 0 aromatic heterocycles. The van der Waals surface area contributed by atoms with Crippen LogP contribution >= 0.6 is 0 Å². The molecule has 2 N–H and O–H groups in total. The number of allylic oxidation sites excluding steroid dienone is 1. The van der Waals surface area contributed by atoms with Gasteiger partial charge in [0.15, 0.2) is 0 Å². The summed E-state index contributed by atoms with van der Waals surface area (Å²) in [5.41, 5.74) is 0. The third kappa shape index (κ3) is 21.3. The van der Waals surface area contributed by atoms with E-state index in [-0.39, 0.29) is 17.8 Å². The molecule has 0 amide bonds. The van der Waals surface area contributed by atoms with Crippen molar-refractivity contribution in [2.75, 3.05) is 5.75 Å². The minimum Gasteiger partial charge on any atom is -0.458 e. The predicted molar refractivity (Wildman–Crippen MR) is 113 cm³/mol. The maximum atomic E-state index is 11.1. The molecule has 0 aromatic carbocycles. The molecule has 0 saturated carbocycles. The Balaban J connectivity index is 3.48. The van der Waals surface area contributed by atoms with Crippen LogP contribution < -0.4 is 5.14 Å². The van der Waals surface area contributed by atoms with E-state index >= 15 is 0 Å². The van der Waals surface area contributed by atoms with E-state index in [4.69, 9.17) is 9.88 Å². The van der Waals surface area contributed by atoms with Gasteiger partial charge in [-0.3, -0.25) is 4.79 Å². The average molecular weight is 404 g/mol. The highest BCUT2D eigenvalue weighted by Crippen LogP contribution is 2.12. The first kappa shape index (κ1) is 26.1. The lowest BCUT2D eigenvalue weighted by molar-refractivity contribution is -0.144. The van der Waals surface area contributed by atoms with Crippen molar-refractivity contribution in [3.05, 3.63) is 12.2 Å². The van der Waals surface area contributed by atoms with Gasteiger partial charge in [0.2, 0.25) is 10.0 Å². The molecule has 1 atom stereocenters. The van der Waals surface area contributed by atoms with E-state index in [0.717, 1.165) is 38.5 Å². The van der Waals surface area contributed by atoms with E-state index in [0.29, 0.717) is 6.42 Å². The molecule has 0 aliphatic rings. The number of primary sulfonamides is 1. The van der Waals surface area contributed by atoms with Crippen molar-refractivity contribution in [1.82, 2.24) is 0 Å². The van der Waals surface area contributed by atoms with Crippen molar-refractivity contribution in [1.29, 1.82) is 0 Å². The molecule has 0 saturated heterocycles. The van der Waals surface area contributed by atoms with Gasteiger partial charge >= 0.3 is 5.97 Å². The molecule has 0 heterocycles.